The molecule has 1 fully saturated rings. The van der Waals surface area contributed by atoms with Gasteiger partial charge in [0.15, 0.2) is 0 Å². The van der Waals surface area contributed by atoms with Crippen LogP contribution in [0.2, 0.25) is 0 Å². The minimum absolute atomic E-state index is 0.480. The molecule has 2 aromatic rings. The van der Waals surface area contributed by atoms with Gasteiger partial charge in [0, 0.05) is 5.92 Å². The first-order valence-electron chi connectivity index (χ1n) is 8.56. The molecule has 1 heterocycles. The van der Waals surface area contributed by atoms with Gasteiger partial charge in [0.25, 0.3) is 0 Å². The number of fused-ring (bicyclic) bond motifs is 2. The fourth-order valence-electron chi connectivity index (χ4n) is 4.04. The molecule has 0 aliphatic heterocycles. The van der Waals surface area contributed by atoms with Crippen molar-refractivity contribution in [3.05, 3.63) is 52.2 Å². The number of hydrogen-bond donors (Lipinski definition) is 1. The van der Waals surface area contributed by atoms with Gasteiger partial charge in [-0.05, 0) is 62.1 Å². The van der Waals surface area contributed by atoms with E-state index in [1.807, 2.05) is 0 Å². The quantitative estimate of drug-likeness (QED) is 0.920. The summed E-state index contributed by atoms with van der Waals surface area (Å²) < 4.78 is 5.94. The molecule has 0 bridgehead atoms. The van der Waals surface area contributed by atoms with Gasteiger partial charge >= 0.3 is 0 Å². The van der Waals surface area contributed by atoms with Crippen LogP contribution < -0.4 is 5.73 Å². The molecule has 3 aliphatic rings. The first-order chi connectivity index (χ1) is 11.1. The number of nitrogens with zero attached hydrogens (tertiary/aromatic N) is 2. The standard InChI is InChI=1S/C19H21N3O/c1-11-2-5-15-14(8-11)9-13-6-7-19(20,10-16(13)15)18-22-21-17(23-18)12-3-4-12/h2,5,8,12H,3-4,6-7,9-10,20H2,1H3/t19-/m1/s1. The van der Waals surface area contributed by atoms with Crippen LogP contribution in [-0.4, -0.2) is 10.2 Å². The molecule has 4 nitrogen and oxygen atoms in total. The maximum absolute atomic E-state index is 6.73. The first kappa shape index (κ1) is 13.5. The van der Waals surface area contributed by atoms with Crippen molar-refractivity contribution in [3.63, 3.8) is 0 Å². The Hall–Kier alpha value is -1.94. The lowest BCUT2D eigenvalue weighted by atomic mass is 9.78. The lowest BCUT2D eigenvalue weighted by molar-refractivity contribution is 0.296. The molecular weight excluding hydrogens is 286 g/mol. The van der Waals surface area contributed by atoms with Crippen molar-refractivity contribution in [3.8, 4) is 0 Å². The van der Waals surface area contributed by atoms with E-state index in [4.69, 9.17) is 10.2 Å². The molecule has 0 radical (unpaired) electrons. The zero-order chi connectivity index (χ0) is 15.6. The van der Waals surface area contributed by atoms with Crippen LogP contribution in [0, 0.1) is 6.92 Å². The number of nitrogens with two attached hydrogens (primary N) is 1. The third kappa shape index (κ3) is 2.08. The monoisotopic (exact) mass is 307 g/mol. The van der Waals surface area contributed by atoms with Crippen LogP contribution in [0.5, 0.6) is 0 Å². The molecule has 0 spiro atoms. The second-order valence-electron chi connectivity index (χ2n) is 7.47. The lowest BCUT2D eigenvalue weighted by Gasteiger charge is -2.31. The highest BCUT2D eigenvalue weighted by Gasteiger charge is 2.41. The van der Waals surface area contributed by atoms with E-state index < -0.39 is 5.54 Å². The van der Waals surface area contributed by atoms with Gasteiger partial charge in [0.1, 0.15) is 0 Å². The fourth-order valence-corrected chi connectivity index (χ4v) is 4.04. The molecule has 2 N–H and O–H groups in total. The SMILES string of the molecule is Cc1ccc2c(c1)CC1=C2C[C@@](N)(c2nnc(C3CC3)o2)CC1. The van der Waals surface area contributed by atoms with Crippen LogP contribution in [0.25, 0.3) is 5.57 Å². The fraction of sp³-hybridized carbons (Fsp3) is 0.474. The summed E-state index contributed by atoms with van der Waals surface area (Å²) in [5.74, 6) is 1.90. The van der Waals surface area contributed by atoms with Crippen molar-refractivity contribution in [2.45, 2.75) is 56.9 Å². The number of allylic oxidation sites excluding steroid dienone is 1. The highest BCUT2D eigenvalue weighted by Crippen LogP contribution is 2.48. The predicted molar refractivity (Wildman–Crippen MR) is 87.8 cm³/mol. The number of aromatic nitrogens is 2. The Balaban J connectivity index is 1.49. The van der Waals surface area contributed by atoms with Gasteiger partial charge in [0.05, 0.1) is 5.54 Å². The molecule has 0 saturated heterocycles. The minimum atomic E-state index is -0.508. The highest BCUT2D eigenvalue weighted by atomic mass is 16.4. The molecule has 1 atom stereocenters. The molecule has 1 aromatic heterocycles. The summed E-state index contributed by atoms with van der Waals surface area (Å²) in [6.45, 7) is 2.16. The number of hydrogen-bond acceptors (Lipinski definition) is 4. The molecular formula is C19H21N3O. The second-order valence-corrected chi connectivity index (χ2v) is 7.47. The van der Waals surface area contributed by atoms with E-state index in [1.165, 1.54) is 35.1 Å². The van der Waals surface area contributed by atoms with Gasteiger partial charge in [-0.1, -0.05) is 29.3 Å². The van der Waals surface area contributed by atoms with Crippen molar-refractivity contribution in [2.24, 2.45) is 5.73 Å². The Morgan fingerprint density at radius 3 is 2.96 bits per heavy atom. The summed E-state index contributed by atoms with van der Waals surface area (Å²) in [6, 6.07) is 6.76. The molecule has 3 aliphatic carbocycles. The Kier molecular flexibility index (Phi) is 2.66. The maximum atomic E-state index is 6.73. The predicted octanol–water partition coefficient (Wildman–Crippen LogP) is 3.60. The van der Waals surface area contributed by atoms with Gasteiger partial charge < -0.3 is 10.2 Å². The molecule has 4 heteroatoms. The smallest absolute Gasteiger partial charge is 0.236 e. The lowest BCUT2D eigenvalue weighted by Crippen LogP contribution is -2.39. The Morgan fingerprint density at radius 2 is 2.13 bits per heavy atom. The zero-order valence-corrected chi connectivity index (χ0v) is 13.4. The average Bonchev–Trinajstić information content (AvgIpc) is 3.15. The van der Waals surface area contributed by atoms with Gasteiger partial charge in [-0.15, -0.1) is 10.2 Å². The molecule has 1 aromatic carbocycles. The molecule has 118 valence electrons. The van der Waals surface area contributed by atoms with E-state index in [9.17, 15) is 0 Å². The summed E-state index contributed by atoms with van der Waals surface area (Å²) in [4.78, 5) is 0. The van der Waals surface area contributed by atoms with Gasteiger partial charge in [-0.25, -0.2) is 0 Å². The van der Waals surface area contributed by atoms with Crippen LogP contribution in [0.15, 0.2) is 28.2 Å². The largest absolute Gasteiger partial charge is 0.423 e. The molecule has 0 unspecified atom stereocenters. The minimum Gasteiger partial charge on any atom is -0.423 e. The second kappa shape index (κ2) is 4.54. The average molecular weight is 307 g/mol. The van der Waals surface area contributed by atoms with Crippen molar-refractivity contribution in [2.75, 3.05) is 0 Å². The van der Waals surface area contributed by atoms with E-state index in [-0.39, 0.29) is 0 Å². The summed E-state index contributed by atoms with van der Waals surface area (Å²) in [7, 11) is 0. The zero-order valence-electron chi connectivity index (χ0n) is 13.4. The Morgan fingerprint density at radius 1 is 1.26 bits per heavy atom. The molecule has 5 rings (SSSR count). The van der Waals surface area contributed by atoms with Gasteiger partial charge in [0.2, 0.25) is 11.8 Å². The summed E-state index contributed by atoms with van der Waals surface area (Å²) in [5, 5.41) is 8.52. The van der Waals surface area contributed by atoms with Crippen LogP contribution in [0.1, 0.15) is 66.5 Å². The number of aryl methyl sites for hydroxylation is 1. The van der Waals surface area contributed by atoms with Crippen LogP contribution in [0.3, 0.4) is 0 Å². The Bertz CT molecular complexity index is 831. The van der Waals surface area contributed by atoms with Gasteiger partial charge in [-0.2, -0.15) is 0 Å². The third-order valence-electron chi connectivity index (χ3n) is 5.57. The molecule has 23 heavy (non-hydrogen) atoms. The summed E-state index contributed by atoms with van der Waals surface area (Å²) in [6.07, 6.45) is 6.15. The van der Waals surface area contributed by atoms with Gasteiger partial charge in [-0.3, -0.25) is 0 Å². The summed E-state index contributed by atoms with van der Waals surface area (Å²) >= 11 is 0. The van der Waals surface area contributed by atoms with E-state index in [2.05, 4.69) is 35.3 Å². The van der Waals surface area contributed by atoms with Crippen LogP contribution in [0.4, 0.5) is 0 Å². The van der Waals surface area contributed by atoms with E-state index >= 15 is 0 Å². The third-order valence-corrected chi connectivity index (χ3v) is 5.57. The number of benzene rings is 1. The summed E-state index contributed by atoms with van der Waals surface area (Å²) in [5.41, 5.74) is 13.3. The normalized spacial score (nSPS) is 26.3. The van der Waals surface area contributed by atoms with E-state index in [0.717, 1.165) is 31.6 Å². The number of rotatable bonds is 2. The molecule has 1 saturated carbocycles. The van der Waals surface area contributed by atoms with Crippen molar-refractivity contribution >= 4 is 5.57 Å². The van der Waals surface area contributed by atoms with E-state index in [1.54, 1.807) is 5.57 Å². The topological polar surface area (TPSA) is 64.9 Å². The first-order valence-corrected chi connectivity index (χ1v) is 8.56. The Labute approximate surface area is 135 Å². The van der Waals surface area contributed by atoms with Crippen molar-refractivity contribution < 1.29 is 4.42 Å². The van der Waals surface area contributed by atoms with Crippen molar-refractivity contribution in [1.82, 2.24) is 10.2 Å². The highest BCUT2D eigenvalue weighted by molar-refractivity contribution is 5.78. The van der Waals surface area contributed by atoms with E-state index in [0.29, 0.717) is 11.8 Å². The van der Waals surface area contributed by atoms with Crippen LogP contribution >= 0.6 is 0 Å². The molecule has 0 amide bonds. The van der Waals surface area contributed by atoms with Crippen LogP contribution in [-0.2, 0) is 12.0 Å². The maximum Gasteiger partial charge on any atom is 0.236 e. The van der Waals surface area contributed by atoms with Crippen molar-refractivity contribution in [1.29, 1.82) is 0 Å².